The maximum Gasteiger partial charge on any atom is 0.327 e. The number of rotatable bonds is 6. The second-order valence-electron chi connectivity index (χ2n) is 8.83. The van der Waals surface area contributed by atoms with Crippen LogP contribution in [0.1, 0.15) is 32.1 Å². The highest BCUT2D eigenvalue weighted by molar-refractivity contribution is 6.32. The zero-order valence-corrected chi connectivity index (χ0v) is 19.4. The van der Waals surface area contributed by atoms with Gasteiger partial charge in [-0.1, -0.05) is 43.0 Å². The molecule has 1 aromatic carbocycles. The number of urea groups is 1. The third-order valence-electron chi connectivity index (χ3n) is 7.00. The van der Waals surface area contributed by atoms with Crippen molar-refractivity contribution in [3.05, 3.63) is 29.3 Å². The van der Waals surface area contributed by atoms with Gasteiger partial charge < -0.3 is 14.5 Å². The first-order chi connectivity index (χ1) is 15.4. The minimum atomic E-state index is -0.740. The van der Waals surface area contributed by atoms with Gasteiger partial charge in [0, 0.05) is 39.8 Å². The van der Waals surface area contributed by atoms with Gasteiger partial charge in [-0.25, -0.2) is 4.79 Å². The van der Waals surface area contributed by atoms with E-state index in [1.165, 1.54) is 0 Å². The third kappa shape index (κ3) is 4.43. The summed E-state index contributed by atoms with van der Waals surface area (Å²) in [6.45, 7) is 3.68. The van der Waals surface area contributed by atoms with Gasteiger partial charge in [0.2, 0.25) is 5.91 Å². The summed E-state index contributed by atoms with van der Waals surface area (Å²) in [6.07, 6.45) is 4.34. The van der Waals surface area contributed by atoms with E-state index in [1.54, 1.807) is 22.9 Å². The van der Waals surface area contributed by atoms with Crippen molar-refractivity contribution in [2.24, 2.45) is 0 Å². The fourth-order valence-corrected chi connectivity index (χ4v) is 5.16. The summed E-state index contributed by atoms with van der Waals surface area (Å²) in [5.41, 5.74) is -0.740. The Morgan fingerprint density at radius 3 is 2.44 bits per heavy atom. The molecule has 3 aliphatic rings. The van der Waals surface area contributed by atoms with E-state index in [9.17, 15) is 14.4 Å². The van der Waals surface area contributed by atoms with E-state index >= 15 is 0 Å². The number of hydrogen-bond donors (Lipinski definition) is 0. The number of carbonyl (C=O) groups excluding carboxylic acids is 3. The SMILES string of the molecule is CN1C(=O)N(CC(=O)N2CCN(CCOc3ccccc3Cl)CC2)C(=O)C12CCCCC2. The van der Waals surface area contributed by atoms with Gasteiger partial charge in [-0.3, -0.25) is 19.4 Å². The van der Waals surface area contributed by atoms with Gasteiger partial charge in [0.05, 0.1) is 5.02 Å². The van der Waals surface area contributed by atoms with Crippen LogP contribution in [0.5, 0.6) is 5.75 Å². The summed E-state index contributed by atoms with van der Waals surface area (Å²) in [6, 6.07) is 7.04. The van der Waals surface area contributed by atoms with Gasteiger partial charge >= 0.3 is 6.03 Å². The lowest BCUT2D eigenvalue weighted by molar-refractivity contribution is -0.141. The van der Waals surface area contributed by atoms with Gasteiger partial charge in [-0.2, -0.15) is 0 Å². The molecular formula is C23H31ClN4O4. The number of piperazine rings is 1. The van der Waals surface area contributed by atoms with Crippen molar-refractivity contribution in [3.8, 4) is 5.75 Å². The molecule has 1 spiro atoms. The first-order valence-electron chi connectivity index (χ1n) is 11.4. The topological polar surface area (TPSA) is 73.4 Å². The molecule has 2 saturated heterocycles. The molecule has 2 heterocycles. The fourth-order valence-electron chi connectivity index (χ4n) is 4.97. The molecule has 0 aromatic heterocycles. The molecule has 0 atom stereocenters. The van der Waals surface area contributed by atoms with Crippen LogP contribution in [0, 0.1) is 0 Å². The molecule has 1 saturated carbocycles. The van der Waals surface area contributed by atoms with Crippen LogP contribution in [0.25, 0.3) is 0 Å². The number of para-hydroxylation sites is 1. The van der Waals surface area contributed by atoms with Crippen LogP contribution >= 0.6 is 11.6 Å². The zero-order valence-electron chi connectivity index (χ0n) is 18.6. The Hall–Kier alpha value is -2.32. The van der Waals surface area contributed by atoms with Crippen molar-refractivity contribution in [2.75, 3.05) is 52.9 Å². The number of carbonyl (C=O) groups is 3. The van der Waals surface area contributed by atoms with E-state index in [0.29, 0.717) is 43.3 Å². The summed E-state index contributed by atoms with van der Waals surface area (Å²) in [4.78, 5) is 45.4. The molecule has 32 heavy (non-hydrogen) atoms. The van der Waals surface area contributed by atoms with Crippen molar-refractivity contribution < 1.29 is 19.1 Å². The normalized spacial score (nSPS) is 21.5. The number of halogens is 1. The molecule has 3 fully saturated rings. The van der Waals surface area contributed by atoms with Crippen molar-refractivity contribution in [2.45, 2.75) is 37.6 Å². The van der Waals surface area contributed by atoms with E-state index in [0.717, 1.165) is 43.8 Å². The molecule has 0 N–H and O–H groups in total. The van der Waals surface area contributed by atoms with Crippen molar-refractivity contribution in [1.82, 2.24) is 19.6 Å². The molecule has 4 rings (SSSR count). The molecule has 174 valence electrons. The predicted molar refractivity (Wildman–Crippen MR) is 121 cm³/mol. The third-order valence-corrected chi connectivity index (χ3v) is 7.32. The first kappa shape index (κ1) is 22.9. The first-order valence-corrected chi connectivity index (χ1v) is 11.8. The lowest BCUT2D eigenvalue weighted by atomic mass is 9.81. The van der Waals surface area contributed by atoms with Gasteiger partial charge in [0.1, 0.15) is 24.4 Å². The summed E-state index contributed by atoms with van der Waals surface area (Å²) in [7, 11) is 1.69. The Bertz CT molecular complexity index is 865. The monoisotopic (exact) mass is 462 g/mol. The van der Waals surface area contributed by atoms with Gasteiger partial charge in [0.15, 0.2) is 0 Å². The molecule has 1 aliphatic carbocycles. The van der Waals surface area contributed by atoms with Crippen LogP contribution in [0.4, 0.5) is 4.79 Å². The maximum atomic E-state index is 13.1. The number of ether oxygens (including phenoxy) is 1. The highest BCUT2D eigenvalue weighted by Gasteiger charge is 2.56. The second kappa shape index (κ2) is 9.67. The number of amides is 4. The summed E-state index contributed by atoms with van der Waals surface area (Å²) in [5.74, 6) is 0.303. The summed E-state index contributed by atoms with van der Waals surface area (Å²) >= 11 is 6.11. The van der Waals surface area contributed by atoms with Gasteiger partial charge in [-0.15, -0.1) is 0 Å². The molecule has 0 unspecified atom stereocenters. The fraction of sp³-hybridized carbons (Fsp3) is 0.609. The maximum absolute atomic E-state index is 13.1. The molecule has 9 heteroatoms. The highest BCUT2D eigenvalue weighted by atomic mass is 35.5. The van der Waals surface area contributed by atoms with Gasteiger partial charge in [0.25, 0.3) is 5.91 Å². The summed E-state index contributed by atoms with van der Waals surface area (Å²) < 4.78 is 5.75. The number of imide groups is 1. The number of nitrogens with zero attached hydrogens (tertiary/aromatic N) is 4. The van der Waals surface area contributed by atoms with Crippen LogP contribution in [0.2, 0.25) is 5.02 Å². The average Bonchev–Trinajstić information content (AvgIpc) is 2.97. The molecular weight excluding hydrogens is 432 g/mol. The van der Waals surface area contributed by atoms with Crippen LogP contribution in [0.3, 0.4) is 0 Å². The lowest BCUT2D eigenvalue weighted by Gasteiger charge is -2.36. The van der Waals surface area contributed by atoms with E-state index in [4.69, 9.17) is 16.3 Å². The largest absolute Gasteiger partial charge is 0.491 e. The van der Waals surface area contributed by atoms with E-state index in [-0.39, 0.29) is 24.4 Å². The van der Waals surface area contributed by atoms with Crippen LogP contribution in [-0.4, -0.2) is 95.9 Å². The smallest absolute Gasteiger partial charge is 0.327 e. The van der Waals surface area contributed by atoms with Gasteiger partial charge in [-0.05, 0) is 25.0 Å². The second-order valence-corrected chi connectivity index (χ2v) is 9.23. The Labute approximate surface area is 194 Å². The molecule has 4 amide bonds. The van der Waals surface area contributed by atoms with E-state index in [2.05, 4.69) is 4.90 Å². The number of likely N-dealkylation sites (N-methyl/N-ethyl adjacent to an activating group) is 1. The molecule has 1 aromatic rings. The Kier molecular flexibility index (Phi) is 6.90. The minimum Gasteiger partial charge on any atom is -0.491 e. The number of hydrogen-bond acceptors (Lipinski definition) is 5. The Morgan fingerprint density at radius 1 is 1.06 bits per heavy atom. The minimum absolute atomic E-state index is 0.167. The molecule has 0 bridgehead atoms. The average molecular weight is 463 g/mol. The van der Waals surface area contributed by atoms with Crippen molar-refractivity contribution in [3.63, 3.8) is 0 Å². The van der Waals surface area contributed by atoms with E-state index in [1.807, 2.05) is 18.2 Å². The standard InChI is InChI=1S/C23H31ClN4O4/c1-25-22(31)28(21(30)23(25)9-5-2-6-10-23)17-20(29)27-13-11-26(12-14-27)15-16-32-19-8-4-3-7-18(19)24/h3-4,7-8H,2,5-6,9-17H2,1H3. The van der Waals surface area contributed by atoms with Crippen molar-refractivity contribution in [1.29, 1.82) is 0 Å². The Morgan fingerprint density at radius 2 is 1.75 bits per heavy atom. The van der Waals surface area contributed by atoms with Crippen LogP contribution in [0.15, 0.2) is 24.3 Å². The van der Waals surface area contributed by atoms with E-state index < -0.39 is 5.54 Å². The summed E-state index contributed by atoms with van der Waals surface area (Å²) in [5, 5.41) is 0.592. The van der Waals surface area contributed by atoms with Crippen LogP contribution < -0.4 is 4.74 Å². The molecule has 0 radical (unpaired) electrons. The van der Waals surface area contributed by atoms with Crippen molar-refractivity contribution >= 4 is 29.4 Å². The number of benzene rings is 1. The molecule has 2 aliphatic heterocycles. The predicted octanol–water partition coefficient (Wildman–Crippen LogP) is 2.46. The molecule has 8 nitrogen and oxygen atoms in total. The Balaban J connectivity index is 1.24. The van der Waals surface area contributed by atoms with Crippen LogP contribution in [-0.2, 0) is 9.59 Å². The zero-order chi connectivity index (χ0) is 22.7. The highest BCUT2D eigenvalue weighted by Crippen LogP contribution is 2.39. The lowest BCUT2D eigenvalue weighted by Crippen LogP contribution is -2.53. The quantitative estimate of drug-likeness (QED) is 0.607.